The normalized spacial score (nSPS) is 13.8. The molecular formula is C19H22N2O7S3. The maximum Gasteiger partial charge on any atom is 0.338 e. The maximum absolute atomic E-state index is 12.3. The summed E-state index contributed by atoms with van der Waals surface area (Å²) in [6.45, 7) is 0.134. The molecule has 9 nitrogen and oxygen atoms in total. The van der Waals surface area contributed by atoms with E-state index >= 15 is 0 Å². The van der Waals surface area contributed by atoms with Gasteiger partial charge in [-0.2, -0.15) is 0 Å². The van der Waals surface area contributed by atoms with E-state index in [-0.39, 0.29) is 17.9 Å². The second kappa shape index (κ2) is 9.07. The Labute approximate surface area is 185 Å². The summed E-state index contributed by atoms with van der Waals surface area (Å²) in [5, 5.41) is 0. The molecule has 1 aromatic heterocycles. The lowest BCUT2D eigenvalue weighted by Gasteiger charge is -2.16. The molecule has 0 atom stereocenters. The molecule has 1 aliphatic heterocycles. The number of rotatable bonds is 9. The highest BCUT2D eigenvalue weighted by molar-refractivity contribution is 7.92. The van der Waals surface area contributed by atoms with Gasteiger partial charge in [-0.3, -0.25) is 9.10 Å². The summed E-state index contributed by atoms with van der Waals surface area (Å²) >= 11 is 1.22. The van der Waals surface area contributed by atoms with Crippen molar-refractivity contribution in [3.8, 4) is 0 Å². The molecule has 0 fully saturated rings. The lowest BCUT2D eigenvalue weighted by atomic mass is 10.1. The van der Waals surface area contributed by atoms with Crippen LogP contribution in [0.1, 0.15) is 30.5 Å². The largest absolute Gasteiger partial charge is 0.454 e. The van der Waals surface area contributed by atoms with Gasteiger partial charge in [-0.15, -0.1) is 11.3 Å². The molecule has 0 bridgehead atoms. The summed E-state index contributed by atoms with van der Waals surface area (Å²) in [6, 6.07) is 7.99. The summed E-state index contributed by atoms with van der Waals surface area (Å²) in [6.07, 6.45) is 3.15. The SMILES string of the molecule is CS(=O)(=O)NCCc1ccc(C(=O)COC(=O)c2ccc3c(c2)CCN3S(C)(=O)=O)s1. The number of Topliss-reactive ketones (excluding diaryl/α,β-unsaturated/α-hetero) is 1. The summed E-state index contributed by atoms with van der Waals surface area (Å²) in [5.41, 5.74) is 1.53. The van der Waals surface area contributed by atoms with Gasteiger partial charge in [0.1, 0.15) is 0 Å². The maximum atomic E-state index is 12.3. The molecule has 2 aromatic rings. The third-order valence-electron chi connectivity index (χ3n) is 4.57. The number of benzene rings is 1. The summed E-state index contributed by atoms with van der Waals surface area (Å²) < 4.78 is 54.6. The van der Waals surface area contributed by atoms with Crippen molar-refractivity contribution >= 4 is 48.8 Å². The van der Waals surface area contributed by atoms with Crippen LogP contribution in [0.5, 0.6) is 0 Å². The summed E-state index contributed by atoms with van der Waals surface area (Å²) in [5.74, 6) is -1.02. The van der Waals surface area contributed by atoms with Gasteiger partial charge in [-0.05, 0) is 48.7 Å². The molecule has 0 saturated heterocycles. The highest BCUT2D eigenvalue weighted by Crippen LogP contribution is 2.30. The molecule has 12 heteroatoms. The number of carbonyl (C=O) groups excluding carboxylic acids is 2. The van der Waals surface area contributed by atoms with Crippen molar-refractivity contribution < 1.29 is 31.2 Å². The van der Waals surface area contributed by atoms with Crippen molar-refractivity contribution in [2.45, 2.75) is 12.8 Å². The zero-order chi connectivity index (χ0) is 22.8. The molecule has 0 aliphatic carbocycles. The van der Waals surface area contributed by atoms with E-state index in [1.807, 2.05) is 0 Å². The van der Waals surface area contributed by atoms with Crippen LogP contribution in [0.2, 0.25) is 0 Å². The molecule has 0 radical (unpaired) electrons. The molecule has 0 spiro atoms. The Morgan fingerprint density at radius 3 is 2.55 bits per heavy atom. The Bertz CT molecular complexity index is 1220. The van der Waals surface area contributed by atoms with Crippen LogP contribution in [0.3, 0.4) is 0 Å². The van der Waals surface area contributed by atoms with Crippen LogP contribution < -0.4 is 9.03 Å². The minimum Gasteiger partial charge on any atom is -0.454 e. The summed E-state index contributed by atoms with van der Waals surface area (Å²) in [7, 11) is -6.64. The average Bonchev–Trinajstić information content (AvgIpc) is 3.30. The first-order valence-corrected chi connectivity index (χ1v) is 13.8. The molecule has 1 N–H and O–H groups in total. The van der Waals surface area contributed by atoms with Crippen molar-refractivity contribution in [1.29, 1.82) is 0 Å². The lowest BCUT2D eigenvalue weighted by Crippen LogP contribution is -2.27. The van der Waals surface area contributed by atoms with E-state index in [2.05, 4.69) is 4.72 Å². The van der Waals surface area contributed by atoms with Gasteiger partial charge in [0, 0.05) is 18.0 Å². The molecule has 3 rings (SSSR count). The van der Waals surface area contributed by atoms with Gasteiger partial charge < -0.3 is 4.74 Å². The Balaban J connectivity index is 1.56. The van der Waals surface area contributed by atoms with Gasteiger partial charge in [0.2, 0.25) is 25.8 Å². The predicted octanol–water partition coefficient (Wildman–Crippen LogP) is 1.20. The Kier molecular flexibility index (Phi) is 6.84. The van der Waals surface area contributed by atoms with Gasteiger partial charge in [0.25, 0.3) is 0 Å². The van der Waals surface area contributed by atoms with Crippen molar-refractivity contribution in [3.05, 3.63) is 51.2 Å². The van der Waals surface area contributed by atoms with E-state index in [0.29, 0.717) is 30.0 Å². The molecule has 1 aliphatic rings. The van der Waals surface area contributed by atoms with Crippen LogP contribution >= 0.6 is 11.3 Å². The number of hydrogen-bond acceptors (Lipinski definition) is 8. The monoisotopic (exact) mass is 486 g/mol. The fourth-order valence-corrected chi connectivity index (χ4v) is 5.51. The average molecular weight is 487 g/mol. The van der Waals surface area contributed by atoms with E-state index < -0.39 is 32.6 Å². The molecule has 0 saturated carbocycles. The van der Waals surface area contributed by atoms with E-state index in [1.54, 1.807) is 24.3 Å². The van der Waals surface area contributed by atoms with E-state index in [0.717, 1.165) is 23.0 Å². The summed E-state index contributed by atoms with van der Waals surface area (Å²) in [4.78, 5) is 25.9. The highest BCUT2D eigenvalue weighted by Gasteiger charge is 2.27. The number of hydrogen-bond donors (Lipinski definition) is 1. The Morgan fingerprint density at radius 1 is 1.13 bits per heavy atom. The van der Waals surface area contributed by atoms with E-state index in [1.165, 1.54) is 21.7 Å². The number of sulfonamides is 2. The number of ether oxygens (including phenoxy) is 1. The van der Waals surface area contributed by atoms with Crippen molar-refractivity contribution in [2.75, 3.05) is 36.5 Å². The molecule has 1 aromatic carbocycles. The standard InChI is InChI=1S/C19H22N2O7S3/c1-30(24,25)20-9-7-15-4-6-18(29-15)17(22)12-28-19(23)14-3-5-16-13(11-14)8-10-21(16)31(2,26)27/h3-6,11,20H,7-10,12H2,1-2H3. The van der Waals surface area contributed by atoms with Gasteiger partial charge in [-0.1, -0.05) is 0 Å². The molecule has 0 amide bonds. The number of nitrogens with zero attached hydrogens (tertiary/aromatic N) is 1. The first kappa shape index (κ1) is 23.4. The number of thiophene rings is 1. The predicted molar refractivity (Wildman–Crippen MR) is 118 cm³/mol. The number of nitrogens with one attached hydrogen (secondary N) is 1. The Hall–Kier alpha value is -2.28. The van der Waals surface area contributed by atoms with Crippen LogP contribution in [0.15, 0.2) is 30.3 Å². The van der Waals surface area contributed by atoms with Crippen LogP contribution in [0.25, 0.3) is 0 Å². The number of ketones is 1. The third-order valence-corrected chi connectivity index (χ3v) is 7.67. The highest BCUT2D eigenvalue weighted by atomic mass is 32.2. The first-order valence-electron chi connectivity index (χ1n) is 9.28. The smallest absolute Gasteiger partial charge is 0.338 e. The van der Waals surface area contributed by atoms with Crippen molar-refractivity contribution in [2.24, 2.45) is 0 Å². The number of fused-ring (bicyclic) bond motifs is 1. The van der Waals surface area contributed by atoms with Gasteiger partial charge in [-0.25, -0.2) is 26.4 Å². The Morgan fingerprint density at radius 2 is 1.87 bits per heavy atom. The topological polar surface area (TPSA) is 127 Å². The van der Waals surface area contributed by atoms with E-state index in [4.69, 9.17) is 4.74 Å². The molecule has 2 heterocycles. The van der Waals surface area contributed by atoms with Crippen molar-refractivity contribution in [3.63, 3.8) is 0 Å². The second-order valence-corrected chi connectivity index (χ2v) is 12.0. The first-order chi connectivity index (χ1) is 14.4. The van der Waals surface area contributed by atoms with Gasteiger partial charge in [0.15, 0.2) is 6.61 Å². The van der Waals surface area contributed by atoms with Gasteiger partial charge >= 0.3 is 5.97 Å². The molecule has 0 unspecified atom stereocenters. The lowest BCUT2D eigenvalue weighted by molar-refractivity contribution is 0.0476. The second-order valence-electron chi connectivity index (χ2n) is 7.11. The van der Waals surface area contributed by atoms with Crippen molar-refractivity contribution in [1.82, 2.24) is 4.72 Å². The van der Waals surface area contributed by atoms with Crippen LogP contribution in [-0.2, 0) is 37.6 Å². The van der Waals surface area contributed by atoms with Gasteiger partial charge in [0.05, 0.1) is 28.6 Å². The minimum absolute atomic E-state index is 0.233. The molecule has 31 heavy (non-hydrogen) atoms. The fraction of sp³-hybridized carbons (Fsp3) is 0.368. The molecule has 168 valence electrons. The number of carbonyl (C=O) groups is 2. The number of esters is 1. The van der Waals surface area contributed by atoms with E-state index in [9.17, 15) is 26.4 Å². The minimum atomic E-state index is -3.37. The fourth-order valence-electron chi connectivity index (χ4n) is 3.15. The quantitative estimate of drug-likeness (QED) is 0.417. The van der Waals surface area contributed by atoms with Crippen LogP contribution in [0, 0.1) is 0 Å². The third kappa shape index (κ3) is 6.12. The zero-order valence-corrected chi connectivity index (χ0v) is 19.4. The molecular weight excluding hydrogens is 464 g/mol. The zero-order valence-electron chi connectivity index (χ0n) is 17.0. The number of anilines is 1. The van der Waals surface area contributed by atoms with Crippen LogP contribution in [-0.4, -0.2) is 60.8 Å². The van der Waals surface area contributed by atoms with Crippen LogP contribution in [0.4, 0.5) is 5.69 Å².